The number of fused-ring (bicyclic) bond motifs is 2. The first-order chi connectivity index (χ1) is 7.34. The summed E-state index contributed by atoms with van der Waals surface area (Å²) in [7, 11) is 0. The number of ether oxygens (including phenoxy) is 1. The standard InChI is InChI=1S/C13H11NO/c14-10-6-5-9-8-15-13-4-2-1-3-11(13)12(9)7-10/h1-8,13H,14H2. The largest absolute Gasteiger partial charge is 0.489 e. The van der Waals surface area contributed by atoms with Gasteiger partial charge in [-0.3, -0.25) is 0 Å². The molecule has 2 aliphatic rings. The number of allylic oxidation sites excluding steroid dienone is 2. The number of rotatable bonds is 0. The molecular weight excluding hydrogens is 186 g/mol. The van der Waals surface area contributed by atoms with Gasteiger partial charge in [-0.25, -0.2) is 0 Å². The van der Waals surface area contributed by atoms with Gasteiger partial charge in [0.2, 0.25) is 0 Å². The van der Waals surface area contributed by atoms with Crippen LogP contribution < -0.4 is 16.2 Å². The third-order valence-corrected chi connectivity index (χ3v) is 2.71. The molecule has 0 aromatic heterocycles. The van der Waals surface area contributed by atoms with Crippen molar-refractivity contribution in [3.8, 4) is 0 Å². The fraction of sp³-hybridized carbons (Fsp3) is 0.0769. The van der Waals surface area contributed by atoms with E-state index in [2.05, 4.69) is 6.08 Å². The van der Waals surface area contributed by atoms with Crippen molar-refractivity contribution in [2.24, 2.45) is 0 Å². The highest BCUT2D eigenvalue weighted by atomic mass is 16.5. The lowest BCUT2D eigenvalue weighted by atomic mass is 9.99. The van der Waals surface area contributed by atoms with Crippen molar-refractivity contribution in [2.75, 3.05) is 5.73 Å². The first kappa shape index (κ1) is 8.36. The Morgan fingerprint density at radius 1 is 1.20 bits per heavy atom. The van der Waals surface area contributed by atoms with E-state index in [1.807, 2.05) is 36.4 Å². The number of nitrogens with two attached hydrogens (primary N) is 1. The van der Waals surface area contributed by atoms with Crippen LogP contribution in [0.5, 0.6) is 0 Å². The monoisotopic (exact) mass is 197 g/mol. The van der Waals surface area contributed by atoms with Crippen LogP contribution in [0.1, 0.15) is 0 Å². The molecule has 2 heteroatoms. The quantitative estimate of drug-likeness (QED) is 0.621. The Bertz CT molecular complexity index is 581. The number of anilines is 1. The summed E-state index contributed by atoms with van der Waals surface area (Å²) < 4.78 is 5.61. The molecule has 1 heterocycles. The highest BCUT2D eigenvalue weighted by molar-refractivity contribution is 5.68. The molecule has 0 bridgehead atoms. The Morgan fingerprint density at radius 3 is 3.07 bits per heavy atom. The second-order valence-corrected chi connectivity index (χ2v) is 3.72. The zero-order chi connectivity index (χ0) is 10.3. The number of benzene rings is 1. The second kappa shape index (κ2) is 3.02. The molecule has 0 amide bonds. The fourth-order valence-corrected chi connectivity index (χ4v) is 1.96. The van der Waals surface area contributed by atoms with Gasteiger partial charge in [-0.2, -0.15) is 0 Å². The van der Waals surface area contributed by atoms with E-state index in [4.69, 9.17) is 10.5 Å². The molecule has 2 nitrogen and oxygen atoms in total. The normalized spacial score (nSPS) is 21.3. The minimum atomic E-state index is 0.0456. The molecule has 0 saturated carbocycles. The Hall–Kier alpha value is -1.96. The van der Waals surface area contributed by atoms with E-state index >= 15 is 0 Å². The first-order valence-electron chi connectivity index (χ1n) is 4.95. The summed E-state index contributed by atoms with van der Waals surface area (Å²) in [5.74, 6) is 0. The fourth-order valence-electron chi connectivity index (χ4n) is 1.96. The van der Waals surface area contributed by atoms with Gasteiger partial charge in [-0.1, -0.05) is 18.2 Å². The molecule has 3 rings (SSSR count). The van der Waals surface area contributed by atoms with E-state index in [1.54, 1.807) is 6.26 Å². The summed E-state index contributed by atoms with van der Waals surface area (Å²) >= 11 is 0. The summed E-state index contributed by atoms with van der Waals surface area (Å²) in [6.07, 6.45) is 9.98. The van der Waals surface area contributed by atoms with Gasteiger partial charge in [0, 0.05) is 16.5 Å². The molecular formula is C13H11NO. The van der Waals surface area contributed by atoms with Crippen molar-refractivity contribution in [2.45, 2.75) is 6.10 Å². The minimum Gasteiger partial charge on any atom is -0.489 e. The topological polar surface area (TPSA) is 35.2 Å². The van der Waals surface area contributed by atoms with Crippen molar-refractivity contribution in [3.63, 3.8) is 0 Å². The zero-order valence-electron chi connectivity index (χ0n) is 8.18. The summed E-state index contributed by atoms with van der Waals surface area (Å²) in [6.45, 7) is 0. The Labute approximate surface area is 87.7 Å². The van der Waals surface area contributed by atoms with Crippen LogP contribution in [-0.2, 0) is 4.74 Å². The van der Waals surface area contributed by atoms with Crippen LogP contribution in [0.2, 0.25) is 0 Å². The maximum atomic E-state index is 5.79. The van der Waals surface area contributed by atoms with Crippen molar-refractivity contribution in [1.82, 2.24) is 0 Å². The molecule has 15 heavy (non-hydrogen) atoms. The van der Waals surface area contributed by atoms with Crippen LogP contribution in [0.4, 0.5) is 5.69 Å². The van der Waals surface area contributed by atoms with Gasteiger partial charge in [0.1, 0.15) is 6.10 Å². The Kier molecular flexibility index (Phi) is 1.68. The zero-order valence-corrected chi connectivity index (χ0v) is 8.18. The molecule has 0 saturated heterocycles. The van der Waals surface area contributed by atoms with Gasteiger partial charge in [0.05, 0.1) is 6.26 Å². The molecule has 1 atom stereocenters. The lowest BCUT2D eigenvalue weighted by molar-refractivity contribution is 0.275. The van der Waals surface area contributed by atoms with Gasteiger partial charge in [0.25, 0.3) is 0 Å². The van der Waals surface area contributed by atoms with Gasteiger partial charge < -0.3 is 10.5 Å². The highest BCUT2D eigenvalue weighted by Gasteiger charge is 2.15. The van der Waals surface area contributed by atoms with E-state index < -0.39 is 0 Å². The smallest absolute Gasteiger partial charge is 0.142 e. The summed E-state index contributed by atoms with van der Waals surface area (Å²) in [6, 6.07) is 5.88. The maximum absolute atomic E-state index is 5.79. The van der Waals surface area contributed by atoms with Crippen LogP contribution in [0.25, 0.3) is 11.8 Å². The van der Waals surface area contributed by atoms with Crippen molar-refractivity contribution in [3.05, 3.63) is 52.9 Å². The summed E-state index contributed by atoms with van der Waals surface area (Å²) in [5.41, 5.74) is 7.77. The van der Waals surface area contributed by atoms with Gasteiger partial charge in [-0.05, 0) is 29.5 Å². The van der Waals surface area contributed by atoms with Gasteiger partial charge in [0.15, 0.2) is 0 Å². The van der Waals surface area contributed by atoms with Crippen molar-refractivity contribution < 1.29 is 4.74 Å². The lowest BCUT2D eigenvalue weighted by Gasteiger charge is -2.20. The molecule has 1 aromatic rings. The average Bonchev–Trinajstić information content (AvgIpc) is 2.29. The van der Waals surface area contributed by atoms with Crippen LogP contribution in [0.3, 0.4) is 0 Å². The first-order valence-corrected chi connectivity index (χ1v) is 4.95. The molecule has 74 valence electrons. The average molecular weight is 197 g/mol. The molecule has 1 aliphatic heterocycles. The van der Waals surface area contributed by atoms with E-state index in [-0.39, 0.29) is 6.10 Å². The molecule has 1 aromatic carbocycles. The van der Waals surface area contributed by atoms with Crippen LogP contribution >= 0.6 is 0 Å². The molecule has 0 spiro atoms. The molecule has 0 fully saturated rings. The molecule has 0 radical (unpaired) electrons. The maximum Gasteiger partial charge on any atom is 0.142 e. The van der Waals surface area contributed by atoms with Crippen molar-refractivity contribution >= 4 is 17.5 Å². The van der Waals surface area contributed by atoms with E-state index in [0.717, 1.165) is 10.9 Å². The molecule has 2 N–H and O–H groups in total. The molecule has 1 unspecified atom stereocenters. The number of hydrogen-bond acceptors (Lipinski definition) is 2. The van der Waals surface area contributed by atoms with Gasteiger partial charge in [-0.15, -0.1) is 0 Å². The Balaban J connectivity index is 2.40. The lowest BCUT2D eigenvalue weighted by Crippen LogP contribution is -2.35. The van der Waals surface area contributed by atoms with E-state index in [9.17, 15) is 0 Å². The Morgan fingerprint density at radius 2 is 2.13 bits per heavy atom. The molecule has 1 aliphatic carbocycles. The second-order valence-electron chi connectivity index (χ2n) is 3.72. The third kappa shape index (κ3) is 1.26. The van der Waals surface area contributed by atoms with Crippen LogP contribution in [0, 0.1) is 0 Å². The van der Waals surface area contributed by atoms with Crippen molar-refractivity contribution in [1.29, 1.82) is 0 Å². The SMILES string of the molecule is Nc1ccc2c(c1)=C1C=CC=CC1OC=2. The third-order valence-electron chi connectivity index (χ3n) is 2.71. The van der Waals surface area contributed by atoms with E-state index in [1.165, 1.54) is 10.8 Å². The number of nitrogen functional groups attached to an aromatic ring is 1. The van der Waals surface area contributed by atoms with Gasteiger partial charge >= 0.3 is 0 Å². The number of hydrogen-bond donors (Lipinski definition) is 1. The van der Waals surface area contributed by atoms with Crippen LogP contribution in [0.15, 0.2) is 42.5 Å². The minimum absolute atomic E-state index is 0.0456. The highest BCUT2D eigenvalue weighted by Crippen LogP contribution is 2.16. The predicted octanol–water partition coefficient (Wildman–Crippen LogP) is 0.682. The summed E-state index contributed by atoms with van der Waals surface area (Å²) in [4.78, 5) is 0. The predicted molar refractivity (Wildman–Crippen MR) is 61.1 cm³/mol. The summed E-state index contributed by atoms with van der Waals surface area (Å²) in [5, 5.41) is 2.27. The van der Waals surface area contributed by atoms with Crippen LogP contribution in [-0.4, -0.2) is 6.10 Å². The van der Waals surface area contributed by atoms with E-state index in [0.29, 0.717) is 0 Å².